The molecule has 2 aromatic rings. The molecular formula is C13H17N3O3S2. The second-order valence-corrected chi connectivity index (χ2v) is 7.24. The number of nitrogens with one attached hydrogen (secondary N) is 1. The lowest BCUT2D eigenvalue weighted by Crippen LogP contribution is -2.23. The van der Waals surface area contributed by atoms with Crippen molar-refractivity contribution in [2.45, 2.75) is 24.8 Å². The van der Waals surface area contributed by atoms with E-state index >= 15 is 0 Å². The molecule has 8 heteroatoms. The number of nitrogen functional groups attached to an aromatic ring is 1. The van der Waals surface area contributed by atoms with E-state index in [1.807, 2.05) is 6.92 Å². The predicted octanol–water partition coefficient (Wildman–Crippen LogP) is 1.77. The lowest BCUT2D eigenvalue weighted by molar-refractivity contribution is 0.402. The van der Waals surface area contributed by atoms with Crippen molar-refractivity contribution in [2.75, 3.05) is 12.8 Å². The number of hydrogen-bond donors (Lipinski definition) is 2. The lowest BCUT2D eigenvalue weighted by Gasteiger charge is -2.10. The average Bonchev–Trinajstić information content (AvgIpc) is 2.93. The molecule has 1 aromatic carbocycles. The molecule has 3 N–H and O–H groups in total. The second kappa shape index (κ2) is 6.42. The van der Waals surface area contributed by atoms with Crippen LogP contribution in [-0.4, -0.2) is 20.5 Å². The summed E-state index contributed by atoms with van der Waals surface area (Å²) in [6.45, 7) is 2.18. The number of thiazole rings is 1. The van der Waals surface area contributed by atoms with Crippen molar-refractivity contribution in [3.05, 3.63) is 34.3 Å². The van der Waals surface area contributed by atoms with E-state index in [9.17, 15) is 8.42 Å². The number of methoxy groups -OCH3 is 1. The van der Waals surface area contributed by atoms with Gasteiger partial charge in [-0.15, -0.1) is 11.3 Å². The van der Waals surface area contributed by atoms with Gasteiger partial charge in [0.05, 0.1) is 13.7 Å². The number of nitrogens with two attached hydrogens (primary N) is 1. The quantitative estimate of drug-likeness (QED) is 0.789. The van der Waals surface area contributed by atoms with E-state index in [0.29, 0.717) is 5.69 Å². The van der Waals surface area contributed by atoms with Crippen molar-refractivity contribution in [1.29, 1.82) is 0 Å². The molecule has 0 saturated carbocycles. The summed E-state index contributed by atoms with van der Waals surface area (Å²) in [7, 11) is -2.27. The van der Waals surface area contributed by atoms with Crippen LogP contribution >= 0.6 is 11.3 Å². The van der Waals surface area contributed by atoms with Gasteiger partial charge >= 0.3 is 0 Å². The Kier molecular flexibility index (Phi) is 4.81. The van der Waals surface area contributed by atoms with Gasteiger partial charge in [-0.05, 0) is 18.6 Å². The van der Waals surface area contributed by atoms with Gasteiger partial charge in [-0.3, -0.25) is 0 Å². The van der Waals surface area contributed by atoms with Gasteiger partial charge in [-0.2, -0.15) is 0 Å². The maximum atomic E-state index is 12.3. The summed E-state index contributed by atoms with van der Waals surface area (Å²) < 4.78 is 32.2. The van der Waals surface area contributed by atoms with Crippen molar-refractivity contribution in [3.63, 3.8) is 0 Å². The average molecular weight is 327 g/mol. The first-order valence-electron chi connectivity index (χ1n) is 6.33. The molecule has 1 heterocycles. The zero-order valence-electron chi connectivity index (χ0n) is 11.8. The first kappa shape index (κ1) is 15.7. The molecule has 0 spiro atoms. The summed E-state index contributed by atoms with van der Waals surface area (Å²) in [5, 5.41) is 0.727. The van der Waals surface area contributed by atoms with Crippen LogP contribution in [-0.2, 0) is 23.0 Å². The molecule has 21 heavy (non-hydrogen) atoms. The monoisotopic (exact) mass is 327 g/mol. The maximum absolute atomic E-state index is 12.3. The lowest BCUT2D eigenvalue weighted by atomic mass is 10.3. The van der Waals surface area contributed by atoms with Crippen LogP contribution in [0.5, 0.6) is 5.75 Å². The first-order valence-corrected chi connectivity index (χ1v) is 8.63. The van der Waals surface area contributed by atoms with Gasteiger partial charge in [0.25, 0.3) is 0 Å². The highest BCUT2D eigenvalue weighted by atomic mass is 32.2. The van der Waals surface area contributed by atoms with Gasteiger partial charge in [0.2, 0.25) is 10.0 Å². The number of anilines is 1. The Hall–Kier alpha value is -1.64. The molecule has 114 valence electrons. The van der Waals surface area contributed by atoms with Crippen LogP contribution in [0.2, 0.25) is 0 Å². The first-order chi connectivity index (χ1) is 9.96. The molecule has 6 nitrogen and oxygen atoms in total. The minimum absolute atomic E-state index is 0.0615. The normalized spacial score (nSPS) is 11.5. The highest BCUT2D eigenvalue weighted by molar-refractivity contribution is 7.89. The Labute approximate surface area is 128 Å². The molecule has 0 atom stereocenters. The Morgan fingerprint density at radius 1 is 1.43 bits per heavy atom. The third-order valence-corrected chi connectivity index (χ3v) is 5.42. The van der Waals surface area contributed by atoms with Crippen LogP contribution in [0.3, 0.4) is 0 Å². The van der Waals surface area contributed by atoms with Gasteiger partial charge in [0.15, 0.2) is 0 Å². The third-order valence-electron chi connectivity index (χ3n) is 2.84. The van der Waals surface area contributed by atoms with E-state index in [0.717, 1.165) is 16.3 Å². The minimum Gasteiger partial charge on any atom is -0.495 e. The van der Waals surface area contributed by atoms with E-state index in [1.54, 1.807) is 6.20 Å². The van der Waals surface area contributed by atoms with Gasteiger partial charge in [0, 0.05) is 22.8 Å². The Morgan fingerprint density at radius 3 is 2.81 bits per heavy atom. The van der Waals surface area contributed by atoms with Gasteiger partial charge < -0.3 is 10.5 Å². The van der Waals surface area contributed by atoms with Crippen LogP contribution in [0, 0.1) is 0 Å². The van der Waals surface area contributed by atoms with Gasteiger partial charge in [-0.25, -0.2) is 18.1 Å². The molecule has 0 amide bonds. The number of ether oxygens (including phenoxy) is 1. The number of benzene rings is 1. The molecule has 0 saturated heterocycles. The van der Waals surface area contributed by atoms with E-state index in [1.165, 1.54) is 36.6 Å². The molecule has 2 rings (SSSR count). The van der Waals surface area contributed by atoms with E-state index < -0.39 is 10.0 Å². The smallest absolute Gasteiger partial charge is 0.244 e. The van der Waals surface area contributed by atoms with E-state index in [4.69, 9.17) is 10.5 Å². The van der Waals surface area contributed by atoms with Crippen LogP contribution < -0.4 is 15.2 Å². The summed E-state index contributed by atoms with van der Waals surface area (Å²) >= 11 is 1.49. The SMILES string of the molecule is CCc1cnc(CNS(=O)(=O)c2ccc(N)cc2OC)s1. The molecular weight excluding hydrogens is 310 g/mol. The Bertz CT molecular complexity index is 726. The summed E-state index contributed by atoms with van der Waals surface area (Å²) in [6, 6.07) is 4.43. The summed E-state index contributed by atoms with van der Waals surface area (Å²) in [6.07, 6.45) is 2.65. The second-order valence-electron chi connectivity index (χ2n) is 4.31. The highest BCUT2D eigenvalue weighted by Crippen LogP contribution is 2.26. The molecule has 0 aliphatic rings. The molecule has 0 aliphatic carbocycles. The molecule has 0 fully saturated rings. The molecule has 0 bridgehead atoms. The topological polar surface area (TPSA) is 94.3 Å². The van der Waals surface area contributed by atoms with Crippen LogP contribution in [0.4, 0.5) is 5.69 Å². The number of sulfonamides is 1. The fraction of sp³-hybridized carbons (Fsp3) is 0.308. The van der Waals surface area contributed by atoms with Gasteiger partial charge in [0.1, 0.15) is 15.7 Å². The van der Waals surface area contributed by atoms with Crippen LogP contribution in [0.15, 0.2) is 29.3 Å². The number of nitrogens with zero attached hydrogens (tertiary/aromatic N) is 1. The maximum Gasteiger partial charge on any atom is 0.244 e. The van der Waals surface area contributed by atoms with Crippen molar-refractivity contribution >= 4 is 27.0 Å². The zero-order chi connectivity index (χ0) is 15.5. The van der Waals surface area contributed by atoms with Crippen molar-refractivity contribution in [3.8, 4) is 5.75 Å². The zero-order valence-corrected chi connectivity index (χ0v) is 13.4. The number of aryl methyl sites for hydroxylation is 1. The summed E-state index contributed by atoms with van der Waals surface area (Å²) in [5.74, 6) is 0.218. The molecule has 0 unspecified atom stereocenters. The summed E-state index contributed by atoms with van der Waals surface area (Å²) in [4.78, 5) is 5.36. The fourth-order valence-corrected chi connectivity index (χ4v) is 3.76. The molecule has 1 aromatic heterocycles. The standard InChI is InChI=1S/C13H17N3O3S2/c1-3-10-7-15-13(20-10)8-16-21(17,18)12-5-4-9(14)6-11(12)19-2/h4-7,16H,3,8,14H2,1-2H3. The highest BCUT2D eigenvalue weighted by Gasteiger charge is 2.19. The molecule has 0 aliphatic heterocycles. The van der Waals surface area contributed by atoms with Crippen LogP contribution in [0.1, 0.15) is 16.8 Å². The Morgan fingerprint density at radius 2 is 2.19 bits per heavy atom. The molecule has 0 radical (unpaired) electrons. The van der Waals surface area contributed by atoms with Crippen molar-refractivity contribution < 1.29 is 13.2 Å². The largest absolute Gasteiger partial charge is 0.495 e. The Balaban J connectivity index is 2.18. The number of hydrogen-bond acceptors (Lipinski definition) is 6. The minimum atomic E-state index is -3.68. The van der Waals surface area contributed by atoms with E-state index in [2.05, 4.69) is 9.71 Å². The van der Waals surface area contributed by atoms with Crippen molar-refractivity contribution in [1.82, 2.24) is 9.71 Å². The van der Waals surface area contributed by atoms with E-state index in [-0.39, 0.29) is 17.2 Å². The number of rotatable bonds is 6. The fourth-order valence-electron chi connectivity index (χ4n) is 1.73. The van der Waals surface area contributed by atoms with Crippen molar-refractivity contribution in [2.24, 2.45) is 0 Å². The van der Waals surface area contributed by atoms with Crippen LogP contribution in [0.25, 0.3) is 0 Å². The summed E-state index contributed by atoms with van der Waals surface area (Å²) in [5.41, 5.74) is 6.07. The third kappa shape index (κ3) is 3.72. The predicted molar refractivity (Wildman–Crippen MR) is 82.9 cm³/mol. The number of aromatic nitrogens is 1. The van der Waals surface area contributed by atoms with Gasteiger partial charge in [-0.1, -0.05) is 6.92 Å².